The van der Waals surface area contributed by atoms with Crippen LogP contribution in [-0.2, 0) is 11.3 Å². The molecule has 0 saturated carbocycles. The van der Waals surface area contributed by atoms with E-state index >= 15 is 0 Å². The summed E-state index contributed by atoms with van der Waals surface area (Å²) in [5.74, 6) is 0.202. The lowest BCUT2D eigenvalue weighted by atomic mass is 10.1. The van der Waals surface area contributed by atoms with Crippen LogP contribution >= 0.6 is 11.8 Å². The predicted octanol–water partition coefficient (Wildman–Crippen LogP) is 4.23. The molecule has 1 aliphatic heterocycles. The standard InChI is InChI=1S/C19H16N2O5S/c1-2-26-16-9-4-3-7-14(16)11-17-18(22)20(19(23)27-17)12-13-6-5-8-15(10-13)21(24)25/h3-11H,2,12H2,1H3/b17-11+. The van der Waals surface area contributed by atoms with Crippen LogP contribution in [0.25, 0.3) is 6.08 Å². The van der Waals surface area contributed by atoms with Crippen molar-refractivity contribution in [1.82, 2.24) is 4.90 Å². The van der Waals surface area contributed by atoms with Crippen LogP contribution in [0.2, 0.25) is 0 Å². The molecule has 27 heavy (non-hydrogen) atoms. The SMILES string of the molecule is CCOc1ccccc1/C=C1/SC(=O)N(Cc2cccc([N+](=O)[O-])c2)C1=O. The molecule has 0 atom stereocenters. The Balaban J connectivity index is 1.83. The normalized spacial score (nSPS) is 15.4. The minimum absolute atomic E-state index is 0.0171. The lowest BCUT2D eigenvalue weighted by Gasteiger charge is -2.12. The second-order valence-electron chi connectivity index (χ2n) is 5.67. The van der Waals surface area contributed by atoms with E-state index in [1.807, 2.05) is 19.1 Å². The number of imide groups is 1. The van der Waals surface area contributed by atoms with Crippen LogP contribution in [0.5, 0.6) is 5.75 Å². The zero-order chi connectivity index (χ0) is 19.4. The largest absolute Gasteiger partial charge is 0.493 e. The minimum Gasteiger partial charge on any atom is -0.493 e. The summed E-state index contributed by atoms with van der Waals surface area (Å²) < 4.78 is 5.54. The van der Waals surface area contributed by atoms with Gasteiger partial charge < -0.3 is 4.74 Å². The molecule has 1 heterocycles. The summed E-state index contributed by atoms with van der Waals surface area (Å²) in [7, 11) is 0. The van der Waals surface area contributed by atoms with Crippen LogP contribution in [0.15, 0.2) is 53.4 Å². The number of para-hydroxylation sites is 1. The molecule has 1 aliphatic rings. The first-order chi connectivity index (χ1) is 13.0. The number of hydrogen-bond donors (Lipinski definition) is 0. The summed E-state index contributed by atoms with van der Waals surface area (Å²) >= 11 is 0.842. The number of carbonyl (C=O) groups is 2. The number of amides is 2. The van der Waals surface area contributed by atoms with Gasteiger partial charge in [0.2, 0.25) is 0 Å². The summed E-state index contributed by atoms with van der Waals surface area (Å²) in [5, 5.41) is 10.5. The highest BCUT2D eigenvalue weighted by Gasteiger charge is 2.35. The maximum atomic E-state index is 12.7. The van der Waals surface area contributed by atoms with Crippen molar-refractivity contribution < 1.29 is 19.2 Å². The van der Waals surface area contributed by atoms with Gasteiger partial charge in [0, 0.05) is 17.7 Å². The second kappa shape index (κ2) is 8.05. The monoisotopic (exact) mass is 384 g/mol. The van der Waals surface area contributed by atoms with E-state index in [-0.39, 0.29) is 17.1 Å². The van der Waals surface area contributed by atoms with Crippen LogP contribution in [0.3, 0.4) is 0 Å². The molecule has 0 bridgehead atoms. The quantitative estimate of drug-likeness (QED) is 0.421. The molecule has 0 aromatic heterocycles. The van der Waals surface area contributed by atoms with E-state index in [1.165, 1.54) is 18.2 Å². The van der Waals surface area contributed by atoms with Crippen molar-refractivity contribution in [2.75, 3.05) is 6.61 Å². The molecule has 8 heteroatoms. The van der Waals surface area contributed by atoms with Gasteiger partial charge in [0.25, 0.3) is 16.8 Å². The maximum absolute atomic E-state index is 12.7. The van der Waals surface area contributed by atoms with Crippen molar-refractivity contribution in [3.63, 3.8) is 0 Å². The zero-order valence-corrected chi connectivity index (χ0v) is 15.3. The summed E-state index contributed by atoms with van der Waals surface area (Å²) in [4.78, 5) is 36.7. The number of rotatable bonds is 6. The Labute approximate surface area is 159 Å². The highest BCUT2D eigenvalue weighted by Crippen LogP contribution is 2.35. The number of thioether (sulfide) groups is 1. The first-order valence-corrected chi connectivity index (χ1v) is 9.01. The van der Waals surface area contributed by atoms with Crippen molar-refractivity contribution in [1.29, 1.82) is 0 Å². The van der Waals surface area contributed by atoms with E-state index in [9.17, 15) is 19.7 Å². The fourth-order valence-electron chi connectivity index (χ4n) is 2.62. The van der Waals surface area contributed by atoms with E-state index in [4.69, 9.17) is 4.74 Å². The van der Waals surface area contributed by atoms with Crippen molar-refractivity contribution in [2.45, 2.75) is 13.5 Å². The molecule has 0 aliphatic carbocycles. The fourth-order valence-corrected chi connectivity index (χ4v) is 3.44. The van der Waals surface area contributed by atoms with Crippen LogP contribution < -0.4 is 4.74 Å². The average Bonchev–Trinajstić information content (AvgIpc) is 2.91. The maximum Gasteiger partial charge on any atom is 0.293 e. The van der Waals surface area contributed by atoms with Gasteiger partial charge in [-0.2, -0.15) is 0 Å². The Hall–Kier alpha value is -3.13. The summed E-state index contributed by atoms with van der Waals surface area (Å²) in [5.41, 5.74) is 1.14. The van der Waals surface area contributed by atoms with E-state index in [0.29, 0.717) is 23.5 Å². The minimum atomic E-state index is -0.512. The number of non-ortho nitro benzene ring substituents is 1. The third-order valence-corrected chi connectivity index (χ3v) is 4.75. The van der Waals surface area contributed by atoms with Gasteiger partial charge in [0.1, 0.15) is 5.75 Å². The summed E-state index contributed by atoms with van der Waals surface area (Å²) in [6, 6.07) is 13.1. The molecule has 2 amide bonds. The topological polar surface area (TPSA) is 89.8 Å². The number of nitrogens with zero attached hydrogens (tertiary/aromatic N) is 2. The Morgan fingerprint density at radius 2 is 1.96 bits per heavy atom. The van der Waals surface area contributed by atoms with Crippen molar-refractivity contribution in [3.05, 3.63) is 74.7 Å². The average molecular weight is 384 g/mol. The molecule has 0 unspecified atom stereocenters. The Bertz CT molecular complexity index is 941. The van der Waals surface area contributed by atoms with Crippen molar-refractivity contribution in [2.24, 2.45) is 0 Å². The summed E-state index contributed by atoms with van der Waals surface area (Å²) in [6.07, 6.45) is 1.63. The lowest BCUT2D eigenvalue weighted by Crippen LogP contribution is -2.27. The number of nitro groups is 1. The fraction of sp³-hybridized carbons (Fsp3) is 0.158. The van der Waals surface area contributed by atoms with Gasteiger partial charge in [0.15, 0.2) is 0 Å². The Kier molecular flexibility index (Phi) is 5.56. The number of ether oxygens (including phenoxy) is 1. The molecule has 3 rings (SSSR count). The lowest BCUT2D eigenvalue weighted by molar-refractivity contribution is -0.384. The molecule has 0 spiro atoms. The Morgan fingerprint density at radius 3 is 2.70 bits per heavy atom. The van der Waals surface area contributed by atoms with E-state index in [0.717, 1.165) is 16.7 Å². The van der Waals surface area contributed by atoms with Crippen LogP contribution in [0.1, 0.15) is 18.1 Å². The van der Waals surface area contributed by atoms with Gasteiger partial charge in [0.05, 0.1) is 23.0 Å². The molecule has 1 fully saturated rings. The van der Waals surface area contributed by atoms with Crippen LogP contribution in [0, 0.1) is 10.1 Å². The van der Waals surface area contributed by atoms with E-state index in [2.05, 4.69) is 0 Å². The van der Waals surface area contributed by atoms with Gasteiger partial charge in [-0.15, -0.1) is 0 Å². The molecule has 7 nitrogen and oxygen atoms in total. The third-order valence-electron chi connectivity index (χ3n) is 3.84. The van der Waals surface area contributed by atoms with Crippen molar-refractivity contribution >= 4 is 34.7 Å². The molecule has 1 saturated heterocycles. The smallest absolute Gasteiger partial charge is 0.293 e. The van der Waals surface area contributed by atoms with Gasteiger partial charge in [-0.25, -0.2) is 0 Å². The van der Waals surface area contributed by atoms with Crippen molar-refractivity contribution in [3.8, 4) is 5.75 Å². The van der Waals surface area contributed by atoms with E-state index < -0.39 is 16.1 Å². The molecular formula is C19H16N2O5S. The van der Waals surface area contributed by atoms with Gasteiger partial charge >= 0.3 is 0 Å². The first kappa shape index (κ1) is 18.7. The van der Waals surface area contributed by atoms with Gasteiger partial charge in [-0.05, 0) is 36.4 Å². The molecular weight excluding hydrogens is 368 g/mol. The number of hydrogen-bond acceptors (Lipinski definition) is 6. The molecule has 138 valence electrons. The number of carbonyl (C=O) groups excluding carboxylic acids is 2. The molecule has 2 aromatic carbocycles. The number of benzene rings is 2. The van der Waals surface area contributed by atoms with Crippen LogP contribution in [0.4, 0.5) is 10.5 Å². The van der Waals surface area contributed by atoms with Crippen LogP contribution in [-0.4, -0.2) is 27.6 Å². The second-order valence-corrected chi connectivity index (χ2v) is 6.66. The first-order valence-electron chi connectivity index (χ1n) is 8.20. The van der Waals surface area contributed by atoms with E-state index in [1.54, 1.807) is 24.3 Å². The molecule has 2 aromatic rings. The molecule has 0 radical (unpaired) electrons. The highest BCUT2D eigenvalue weighted by molar-refractivity contribution is 8.18. The highest BCUT2D eigenvalue weighted by atomic mass is 32.2. The summed E-state index contributed by atoms with van der Waals surface area (Å²) in [6.45, 7) is 2.33. The molecule has 0 N–H and O–H groups in total. The third kappa shape index (κ3) is 4.17. The van der Waals surface area contributed by atoms with Gasteiger partial charge in [-0.3, -0.25) is 24.6 Å². The van der Waals surface area contributed by atoms with Gasteiger partial charge in [-0.1, -0.05) is 30.3 Å². The number of nitro benzene ring substituents is 1. The predicted molar refractivity (Wildman–Crippen MR) is 102 cm³/mol. The Morgan fingerprint density at radius 1 is 1.19 bits per heavy atom. The zero-order valence-electron chi connectivity index (χ0n) is 14.5.